The second-order valence-corrected chi connectivity index (χ2v) is 4.51. The van der Waals surface area contributed by atoms with Crippen LogP contribution >= 0.6 is 15.9 Å². The molecule has 0 aliphatic carbocycles. The van der Waals surface area contributed by atoms with Crippen LogP contribution in [0.4, 0.5) is 0 Å². The smallest absolute Gasteiger partial charge is 0.0713 e. The van der Waals surface area contributed by atoms with Crippen LogP contribution in [0.2, 0.25) is 0 Å². The first-order chi connectivity index (χ1) is 7.33. The van der Waals surface area contributed by atoms with Crippen LogP contribution in [-0.2, 0) is 6.42 Å². The summed E-state index contributed by atoms with van der Waals surface area (Å²) in [5.41, 5.74) is 2.45. The van der Waals surface area contributed by atoms with Gasteiger partial charge in [0.05, 0.1) is 5.52 Å². The number of nitrogens with zero attached hydrogens (tertiary/aromatic N) is 1. The van der Waals surface area contributed by atoms with Gasteiger partial charge in [-0.3, -0.25) is 4.98 Å². The van der Waals surface area contributed by atoms with E-state index in [1.807, 2.05) is 12.3 Å². The quantitative estimate of drug-likeness (QED) is 0.803. The molecule has 1 aromatic heterocycles. The molecule has 0 unspecified atom stereocenters. The normalized spacial score (nSPS) is 10.8. The van der Waals surface area contributed by atoms with E-state index in [1.54, 1.807) is 0 Å². The molecule has 0 aliphatic heterocycles. The lowest BCUT2D eigenvalue weighted by molar-refractivity contribution is 0.793. The Morgan fingerprint density at radius 1 is 1.27 bits per heavy atom. The molecular weight excluding hydrogens is 250 g/mol. The summed E-state index contributed by atoms with van der Waals surface area (Å²) in [7, 11) is 0. The SMILES string of the molecule is CCCCc1ccc2ncccc2c1Br. The zero-order valence-electron chi connectivity index (χ0n) is 8.83. The topological polar surface area (TPSA) is 12.9 Å². The highest BCUT2D eigenvalue weighted by Crippen LogP contribution is 2.27. The van der Waals surface area contributed by atoms with Crippen LogP contribution in [0, 0.1) is 0 Å². The fourth-order valence-corrected chi connectivity index (χ4v) is 2.39. The Kier molecular flexibility index (Phi) is 3.37. The van der Waals surface area contributed by atoms with Gasteiger partial charge in [-0.25, -0.2) is 0 Å². The largest absolute Gasteiger partial charge is 0.256 e. The minimum absolute atomic E-state index is 1.06. The molecule has 0 fully saturated rings. The Bertz CT molecular complexity index is 465. The van der Waals surface area contributed by atoms with Crippen molar-refractivity contribution >= 4 is 26.8 Å². The number of rotatable bonds is 3. The van der Waals surface area contributed by atoms with Crippen molar-refractivity contribution in [1.29, 1.82) is 0 Å². The van der Waals surface area contributed by atoms with Crippen molar-refractivity contribution < 1.29 is 0 Å². The lowest BCUT2D eigenvalue weighted by Gasteiger charge is -2.06. The van der Waals surface area contributed by atoms with Crippen LogP contribution in [0.25, 0.3) is 10.9 Å². The van der Waals surface area contributed by atoms with Crippen molar-refractivity contribution in [2.75, 3.05) is 0 Å². The van der Waals surface area contributed by atoms with E-state index >= 15 is 0 Å². The van der Waals surface area contributed by atoms with Gasteiger partial charge in [0.25, 0.3) is 0 Å². The van der Waals surface area contributed by atoms with Gasteiger partial charge >= 0.3 is 0 Å². The minimum atomic E-state index is 1.06. The van der Waals surface area contributed by atoms with E-state index in [2.05, 4.69) is 46.0 Å². The summed E-state index contributed by atoms with van der Waals surface area (Å²) in [6.07, 6.45) is 5.45. The van der Waals surface area contributed by atoms with Crippen LogP contribution in [0.15, 0.2) is 34.9 Å². The third-order valence-corrected chi connectivity index (χ3v) is 3.54. The average molecular weight is 264 g/mol. The zero-order valence-corrected chi connectivity index (χ0v) is 10.4. The molecule has 0 bridgehead atoms. The van der Waals surface area contributed by atoms with Crippen LogP contribution in [0.1, 0.15) is 25.3 Å². The number of aryl methyl sites for hydroxylation is 1. The average Bonchev–Trinajstić information content (AvgIpc) is 2.29. The van der Waals surface area contributed by atoms with E-state index in [0.717, 1.165) is 11.9 Å². The highest BCUT2D eigenvalue weighted by atomic mass is 79.9. The highest BCUT2D eigenvalue weighted by molar-refractivity contribution is 9.10. The van der Waals surface area contributed by atoms with Gasteiger partial charge in [0.2, 0.25) is 0 Å². The number of halogens is 1. The number of hydrogen-bond donors (Lipinski definition) is 0. The first kappa shape index (κ1) is 10.6. The van der Waals surface area contributed by atoms with Gasteiger partial charge in [-0.1, -0.05) is 25.5 Å². The maximum atomic E-state index is 4.33. The predicted molar refractivity (Wildman–Crippen MR) is 68.1 cm³/mol. The van der Waals surface area contributed by atoms with Crippen LogP contribution < -0.4 is 0 Å². The maximum absolute atomic E-state index is 4.33. The van der Waals surface area contributed by atoms with E-state index in [4.69, 9.17) is 0 Å². The van der Waals surface area contributed by atoms with E-state index < -0.39 is 0 Å². The Morgan fingerprint density at radius 2 is 2.13 bits per heavy atom. The van der Waals surface area contributed by atoms with Gasteiger partial charge in [0.1, 0.15) is 0 Å². The molecule has 15 heavy (non-hydrogen) atoms. The standard InChI is InChI=1S/C13H14BrN/c1-2-3-5-10-7-8-12-11(13(10)14)6-4-9-15-12/h4,6-9H,2-3,5H2,1H3. The number of pyridine rings is 1. The van der Waals surface area contributed by atoms with Gasteiger partial charge in [0, 0.05) is 16.1 Å². The van der Waals surface area contributed by atoms with Crippen molar-refractivity contribution in [3.8, 4) is 0 Å². The summed E-state index contributed by atoms with van der Waals surface area (Å²) >= 11 is 3.67. The summed E-state index contributed by atoms with van der Waals surface area (Å²) in [4.78, 5) is 4.33. The molecule has 2 rings (SSSR count). The molecular formula is C13H14BrN. The molecule has 1 nitrogen and oxygen atoms in total. The first-order valence-electron chi connectivity index (χ1n) is 5.35. The van der Waals surface area contributed by atoms with Gasteiger partial charge in [-0.2, -0.15) is 0 Å². The van der Waals surface area contributed by atoms with Gasteiger partial charge in [0.15, 0.2) is 0 Å². The van der Waals surface area contributed by atoms with Crippen LogP contribution in [0.5, 0.6) is 0 Å². The monoisotopic (exact) mass is 263 g/mol. The molecule has 1 heterocycles. The second kappa shape index (κ2) is 4.75. The Labute approximate surface area is 98.7 Å². The van der Waals surface area contributed by atoms with E-state index in [-0.39, 0.29) is 0 Å². The van der Waals surface area contributed by atoms with Gasteiger partial charge in [-0.05, 0) is 46.5 Å². The maximum Gasteiger partial charge on any atom is 0.0713 e. The van der Waals surface area contributed by atoms with Crippen LogP contribution in [0.3, 0.4) is 0 Å². The van der Waals surface area contributed by atoms with Crippen LogP contribution in [-0.4, -0.2) is 4.98 Å². The molecule has 0 atom stereocenters. The Morgan fingerprint density at radius 3 is 2.93 bits per heavy atom. The number of fused-ring (bicyclic) bond motifs is 1. The lowest BCUT2D eigenvalue weighted by atomic mass is 10.1. The molecule has 0 saturated heterocycles. The van der Waals surface area contributed by atoms with Gasteiger partial charge < -0.3 is 0 Å². The second-order valence-electron chi connectivity index (χ2n) is 3.71. The lowest BCUT2D eigenvalue weighted by Crippen LogP contribution is -1.88. The molecule has 0 radical (unpaired) electrons. The third-order valence-electron chi connectivity index (χ3n) is 2.60. The number of aromatic nitrogens is 1. The number of unbranched alkanes of at least 4 members (excludes halogenated alkanes) is 1. The first-order valence-corrected chi connectivity index (χ1v) is 6.14. The fourth-order valence-electron chi connectivity index (χ4n) is 1.72. The number of benzene rings is 1. The van der Waals surface area contributed by atoms with Gasteiger partial charge in [-0.15, -0.1) is 0 Å². The molecule has 2 heteroatoms. The molecule has 78 valence electrons. The fraction of sp³-hybridized carbons (Fsp3) is 0.308. The summed E-state index contributed by atoms with van der Waals surface area (Å²) in [6, 6.07) is 8.37. The van der Waals surface area contributed by atoms with E-state index in [1.165, 1.54) is 28.3 Å². The summed E-state index contributed by atoms with van der Waals surface area (Å²) in [5.74, 6) is 0. The zero-order chi connectivity index (χ0) is 10.7. The van der Waals surface area contributed by atoms with Crippen molar-refractivity contribution in [2.24, 2.45) is 0 Å². The summed E-state index contributed by atoms with van der Waals surface area (Å²) in [5, 5.41) is 1.21. The van der Waals surface area contributed by atoms with Crippen molar-refractivity contribution in [3.05, 3.63) is 40.5 Å². The number of hydrogen-bond acceptors (Lipinski definition) is 1. The van der Waals surface area contributed by atoms with E-state index in [0.29, 0.717) is 0 Å². The van der Waals surface area contributed by atoms with Crippen molar-refractivity contribution in [2.45, 2.75) is 26.2 Å². The molecule has 0 N–H and O–H groups in total. The van der Waals surface area contributed by atoms with E-state index in [9.17, 15) is 0 Å². The molecule has 0 saturated carbocycles. The third kappa shape index (κ3) is 2.20. The molecule has 0 spiro atoms. The predicted octanol–water partition coefficient (Wildman–Crippen LogP) is 4.34. The molecule has 1 aromatic carbocycles. The van der Waals surface area contributed by atoms with Crippen molar-refractivity contribution in [1.82, 2.24) is 4.98 Å². The molecule has 0 aliphatic rings. The minimum Gasteiger partial charge on any atom is -0.256 e. The highest BCUT2D eigenvalue weighted by Gasteiger charge is 2.04. The summed E-state index contributed by atoms with van der Waals surface area (Å²) in [6.45, 7) is 2.22. The Hall–Kier alpha value is -0.890. The molecule has 2 aromatic rings. The summed E-state index contributed by atoms with van der Waals surface area (Å²) < 4.78 is 1.21. The van der Waals surface area contributed by atoms with Crippen molar-refractivity contribution in [3.63, 3.8) is 0 Å². The molecule has 0 amide bonds. The Balaban J connectivity index is 2.45.